The van der Waals surface area contributed by atoms with Crippen molar-refractivity contribution in [1.82, 2.24) is 9.55 Å². The van der Waals surface area contributed by atoms with Crippen LogP contribution < -0.4 is 0 Å². The third kappa shape index (κ3) is 2.79. The van der Waals surface area contributed by atoms with Crippen molar-refractivity contribution in [2.45, 2.75) is 32.3 Å². The summed E-state index contributed by atoms with van der Waals surface area (Å²) in [7, 11) is 1.67. The molecule has 0 aliphatic heterocycles. The predicted octanol–water partition coefficient (Wildman–Crippen LogP) is 1.71. The van der Waals surface area contributed by atoms with Crippen LogP contribution in [0.5, 0.6) is 0 Å². The summed E-state index contributed by atoms with van der Waals surface area (Å²) in [5.74, 6) is -0.354. The molecule has 96 valence electrons. The second-order valence-corrected chi connectivity index (χ2v) is 5.01. The molecule has 0 bridgehead atoms. The van der Waals surface area contributed by atoms with Crippen LogP contribution in [0.15, 0.2) is 0 Å². The van der Waals surface area contributed by atoms with Gasteiger partial charge < -0.3 is 14.8 Å². The summed E-state index contributed by atoms with van der Waals surface area (Å²) >= 11 is 2.02. The first-order chi connectivity index (χ1) is 7.85. The van der Waals surface area contributed by atoms with E-state index in [1.165, 1.54) is 0 Å². The minimum absolute atomic E-state index is 0.0788. The summed E-state index contributed by atoms with van der Waals surface area (Å²) in [6.07, 6.45) is 1.59. The quantitative estimate of drug-likeness (QED) is 0.625. The molecule has 0 amide bonds. The van der Waals surface area contributed by atoms with Gasteiger partial charge in [0.25, 0.3) is 0 Å². The Bertz CT molecular complexity index is 427. The number of nitrogens with zero attached hydrogens (tertiary/aromatic N) is 2. The second kappa shape index (κ2) is 5.34. The van der Waals surface area contributed by atoms with E-state index in [0.717, 1.165) is 6.42 Å². The fourth-order valence-corrected chi connectivity index (χ4v) is 2.04. The summed E-state index contributed by atoms with van der Waals surface area (Å²) in [5, 5.41) is 19.4. The van der Waals surface area contributed by atoms with Gasteiger partial charge in [-0.2, -0.15) is 0 Å². The van der Waals surface area contributed by atoms with Gasteiger partial charge in [-0.1, -0.05) is 29.5 Å². The van der Waals surface area contributed by atoms with Crippen LogP contribution in [-0.2, 0) is 19.1 Å². The first-order valence-electron chi connectivity index (χ1n) is 5.42. The van der Waals surface area contributed by atoms with Crippen LogP contribution >= 0.6 is 22.6 Å². The lowest BCUT2D eigenvalue weighted by molar-refractivity contribution is 0.0629. The number of imidazole rings is 1. The second-order valence-electron chi connectivity index (χ2n) is 4.25. The zero-order chi connectivity index (χ0) is 13.2. The molecule has 0 aliphatic rings. The van der Waals surface area contributed by atoms with Crippen LogP contribution in [0.25, 0.3) is 0 Å². The molecule has 0 saturated carbocycles. The Morgan fingerprint density at radius 2 is 2.18 bits per heavy atom. The Morgan fingerprint density at radius 3 is 2.59 bits per heavy atom. The molecule has 0 spiro atoms. The number of aryl methyl sites for hydroxylation is 1. The Morgan fingerprint density at radius 1 is 1.59 bits per heavy atom. The zero-order valence-corrected chi connectivity index (χ0v) is 12.4. The van der Waals surface area contributed by atoms with Crippen molar-refractivity contribution in [3.8, 4) is 0 Å². The molecule has 2 N–H and O–H groups in total. The number of rotatable bonds is 5. The predicted molar refractivity (Wildman–Crippen MR) is 72.6 cm³/mol. The van der Waals surface area contributed by atoms with Crippen LogP contribution in [0.2, 0.25) is 0 Å². The highest BCUT2D eigenvalue weighted by molar-refractivity contribution is 14.1. The molecule has 1 aromatic heterocycles. The van der Waals surface area contributed by atoms with E-state index in [-0.39, 0.29) is 11.4 Å². The van der Waals surface area contributed by atoms with E-state index in [1.807, 2.05) is 29.5 Å². The van der Waals surface area contributed by atoms with E-state index in [0.29, 0.717) is 16.7 Å². The molecule has 1 heterocycles. The Balaban J connectivity index is 3.38. The van der Waals surface area contributed by atoms with E-state index in [2.05, 4.69) is 4.98 Å². The highest BCUT2D eigenvalue weighted by Gasteiger charge is 2.33. The molecule has 6 heteroatoms. The number of carboxylic acids is 1. The Kier molecular flexibility index (Phi) is 4.54. The number of aromatic carboxylic acids is 1. The molecule has 1 atom stereocenters. The molecule has 0 aromatic carbocycles. The summed E-state index contributed by atoms with van der Waals surface area (Å²) < 4.78 is 1.95. The fraction of sp³-hybridized carbons (Fsp3) is 0.636. The Hall–Kier alpha value is -0.630. The average molecular weight is 352 g/mol. The van der Waals surface area contributed by atoms with Crippen LogP contribution in [0, 0.1) is 0 Å². The summed E-state index contributed by atoms with van der Waals surface area (Å²) in [6, 6.07) is 0. The van der Waals surface area contributed by atoms with Gasteiger partial charge in [0.05, 0.1) is 0 Å². The first kappa shape index (κ1) is 14.4. The van der Waals surface area contributed by atoms with Crippen molar-refractivity contribution < 1.29 is 15.0 Å². The van der Waals surface area contributed by atoms with Gasteiger partial charge in [-0.05, 0) is 13.3 Å². The number of carbonyl (C=O) groups is 1. The Labute approximate surface area is 114 Å². The number of aromatic nitrogens is 2. The van der Waals surface area contributed by atoms with Gasteiger partial charge in [0.15, 0.2) is 5.69 Å². The van der Waals surface area contributed by atoms with Gasteiger partial charge in [0.1, 0.15) is 17.1 Å². The lowest BCUT2D eigenvalue weighted by atomic mass is 10.0. The number of carboxylic acid groups (broad SMARTS) is 1. The van der Waals surface area contributed by atoms with Gasteiger partial charge in [0.2, 0.25) is 0 Å². The van der Waals surface area contributed by atoms with Crippen molar-refractivity contribution in [3.05, 3.63) is 17.2 Å². The maximum Gasteiger partial charge on any atom is 0.354 e. The van der Waals surface area contributed by atoms with E-state index >= 15 is 0 Å². The largest absolute Gasteiger partial charge is 0.477 e. The third-order valence-corrected chi connectivity index (χ3v) is 4.12. The molecule has 0 fully saturated rings. The maximum absolute atomic E-state index is 11.2. The highest BCUT2D eigenvalue weighted by Crippen LogP contribution is 2.26. The van der Waals surface area contributed by atoms with E-state index in [4.69, 9.17) is 0 Å². The molecule has 0 saturated heterocycles. The SMILES string of the molecule is CCCc1nc(C(C)(O)CI)c(C(=O)O)n1C. The fourth-order valence-electron chi connectivity index (χ4n) is 1.68. The van der Waals surface area contributed by atoms with Crippen LogP contribution in [0.3, 0.4) is 0 Å². The summed E-state index contributed by atoms with van der Waals surface area (Å²) in [5.41, 5.74) is -0.877. The number of aliphatic hydroxyl groups is 1. The van der Waals surface area contributed by atoms with Crippen LogP contribution in [-0.4, -0.2) is 30.2 Å². The van der Waals surface area contributed by atoms with Crippen molar-refractivity contribution >= 4 is 28.6 Å². The molecule has 0 aliphatic carbocycles. The standard InChI is InChI=1S/C11H17IN2O3/c1-4-5-7-13-9(11(2,17)6-12)8(10(15)16)14(7)3/h17H,4-6H2,1-3H3,(H,15,16). The molecular weight excluding hydrogens is 335 g/mol. The van der Waals surface area contributed by atoms with Gasteiger partial charge in [0, 0.05) is 17.9 Å². The first-order valence-corrected chi connectivity index (χ1v) is 6.95. The van der Waals surface area contributed by atoms with Crippen molar-refractivity contribution in [3.63, 3.8) is 0 Å². The van der Waals surface area contributed by atoms with Crippen LogP contribution in [0.4, 0.5) is 0 Å². The minimum atomic E-state index is -1.21. The summed E-state index contributed by atoms with van der Waals surface area (Å²) in [4.78, 5) is 15.5. The van der Waals surface area contributed by atoms with Crippen LogP contribution in [0.1, 0.15) is 42.3 Å². The number of hydrogen-bond acceptors (Lipinski definition) is 3. The zero-order valence-electron chi connectivity index (χ0n) is 10.2. The number of halogens is 1. The normalized spacial score (nSPS) is 14.6. The van der Waals surface area contributed by atoms with Crippen molar-refractivity contribution in [1.29, 1.82) is 0 Å². The minimum Gasteiger partial charge on any atom is -0.477 e. The highest BCUT2D eigenvalue weighted by atomic mass is 127. The van der Waals surface area contributed by atoms with Gasteiger partial charge in [-0.3, -0.25) is 0 Å². The molecule has 1 rings (SSSR count). The lowest BCUT2D eigenvalue weighted by Crippen LogP contribution is -2.26. The van der Waals surface area contributed by atoms with Crippen molar-refractivity contribution in [2.75, 3.05) is 4.43 Å². The maximum atomic E-state index is 11.2. The molecule has 5 nitrogen and oxygen atoms in total. The van der Waals surface area contributed by atoms with E-state index in [9.17, 15) is 15.0 Å². The molecule has 1 unspecified atom stereocenters. The van der Waals surface area contributed by atoms with Gasteiger partial charge in [-0.25, -0.2) is 9.78 Å². The average Bonchev–Trinajstić information content (AvgIpc) is 2.58. The van der Waals surface area contributed by atoms with Crippen molar-refractivity contribution in [2.24, 2.45) is 7.05 Å². The number of hydrogen-bond donors (Lipinski definition) is 2. The monoisotopic (exact) mass is 352 g/mol. The molecule has 1 aromatic rings. The molecule has 17 heavy (non-hydrogen) atoms. The third-order valence-electron chi connectivity index (χ3n) is 2.63. The van der Waals surface area contributed by atoms with E-state index < -0.39 is 11.6 Å². The van der Waals surface area contributed by atoms with Gasteiger partial charge in [-0.15, -0.1) is 0 Å². The number of alkyl halides is 1. The summed E-state index contributed by atoms with van der Waals surface area (Å²) in [6.45, 7) is 3.59. The molecular formula is C11H17IN2O3. The topological polar surface area (TPSA) is 75.3 Å². The van der Waals surface area contributed by atoms with E-state index in [1.54, 1.807) is 18.5 Å². The smallest absolute Gasteiger partial charge is 0.354 e. The molecule has 0 radical (unpaired) electrons. The lowest BCUT2D eigenvalue weighted by Gasteiger charge is -2.18. The van der Waals surface area contributed by atoms with Gasteiger partial charge >= 0.3 is 5.97 Å².